The third kappa shape index (κ3) is 0.566. The zero-order chi connectivity index (χ0) is 8.98. The Morgan fingerprint density at radius 2 is 2.25 bits per heavy atom. The molecular weight excluding hydrogens is 146 g/mol. The van der Waals surface area contributed by atoms with Gasteiger partial charge in [0.15, 0.2) is 0 Å². The summed E-state index contributed by atoms with van der Waals surface area (Å²) in [6, 6.07) is 2.55. The van der Waals surface area contributed by atoms with Gasteiger partial charge >= 0.3 is 0 Å². The van der Waals surface area contributed by atoms with Gasteiger partial charge in [0, 0.05) is 5.41 Å². The number of nitriles is 1. The van der Waals surface area contributed by atoms with Crippen molar-refractivity contribution in [3.05, 3.63) is 11.6 Å². The predicted octanol–water partition coefficient (Wildman–Crippen LogP) is 2.89. The van der Waals surface area contributed by atoms with Crippen molar-refractivity contribution in [2.75, 3.05) is 0 Å². The Labute approximate surface area is 74.1 Å². The van der Waals surface area contributed by atoms with Gasteiger partial charge in [-0.2, -0.15) is 5.26 Å². The second-order valence-electron chi connectivity index (χ2n) is 4.75. The molecule has 0 aromatic rings. The van der Waals surface area contributed by atoms with Crippen molar-refractivity contribution in [1.29, 1.82) is 5.26 Å². The quantitative estimate of drug-likeness (QED) is 0.501. The van der Waals surface area contributed by atoms with E-state index in [1.54, 1.807) is 0 Å². The largest absolute Gasteiger partial charge is 0.198 e. The molecule has 0 aromatic carbocycles. The van der Waals surface area contributed by atoms with Crippen LogP contribution in [0, 0.1) is 28.1 Å². The van der Waals surface area contributed by atoms with E-state index >= 15 is 0 Å². The Morgan fingerprint density at radius 1 is 1.58 bits per heavy atom. The summed E-state index contributed by atoms with van der Waals surface area (Å²) in [5, 5.41) is 9.22. The Hall–Kier alpha value is -0.770. The molecule has 1 saturated carbocycles. The predicted molar refractivity (Wildman–Crippen MR) is 48.3 cm³/mol. The lowest BCUT2D eigenvalue weighted by molar-refractivity contribution is 0.0105. The summed E-state index contributed by atoms with van der Waals surface area (Å²) in [6.45, 7) is 6.62. The molecule has 12 heavy (non-hydrogen) atoms. The minimum Gasteiger partial charge on any atom is -0.198 e. The van der Waals surface area contributed by atoms with Crippen LogP contribution in [0.2, 0.25) is 0 Å². The van der Waals surface area contributed by atoms with Crippen LogP contribution in [-0.4, -0.2) is 0 Å². The van der Waals surface area contributed by atoms with E-state index in [0.29, 0.717) is 5.92 Å². The molecule has 1 heteroatoms. The summed E-state index contributed by atoms with van der Waals surface area (Å²) >= 11 is 0. The molecule has 0 saturated heterocycles. The standard InChI is InChI=1S/C11H15N/c1-8-4-5-9-6-11(8,7-12)10(9,2)3/h5,8H,4,6H2,1-3H3. The summed E-state index contributed by atoms with van der Waals surface area (Å²) in [6.07, 6.45) is 4.47. The SMILES string of the molecule is CC1CC=C2CC1(C#N)C2(C)C. The molecule has 3 aliphatic carbocycles. The van der Waals surface area contributed by atoms with Gasteiger partial charge in [0.2, 0.25) is 0 Å². The van der Waals surface area contributed by atoms with Crippen LogP contribution in [-0.2, 0) is 0 Å². The Morgan fingerprint density at radius 3 is 2.58 bits per heavy atom. The van der Waals surface area contributed by atoms with E-state index in [4.69, 9.17) is 0 Å². The van der Waals surface area contributed by atoms with Crippen molar-refractivity contribution < 1.29 is 0 Å². The summed E-state index contributed by atoms with van der Waals surface area (Å²) in [4.78, 5) is 0. The number of rotatable bonds is 0. The molecule has 0 radical (unpaired) electrons. The Bertz CT molecular complexity index is 293. The average molecular weight is 161 g/mol. The van der Waals surface area contributed by atoms with E-state index in [9.17, 15) is 5.26 Å². The molecule has 0 heterocycles. The van der Waals surface area contributed by atoms with E-state index in [1.807, 2.05) is 0 Å². The first-order valence-electron chi connectivity index (χ1n) is 4.65. The fourth-order valence-corrected chi connectivity index (χ4v) is 2.85. The Balaban J connectivity index is 2.49. The van der Waals surface area contributed by atoms with Gasteiger partial charge in [0.05, 0.1) is 11.5 Å². The monoisotopic (exact) mass is 161 g/mol. The second kappa shape index (κ2) is 1.93. The first kappa shape index (κ1) is 7.86. The van der Waals surface area contributed by atoms with Gasteiger partial charge in [-0.3, -0.25) is 0 Å². The van der Waals surface area contributed by atoms with Gasteiger partial charge in [0.25, 0.3) is 0 Å². The second-order valence-corrected chi connectivity index (χ2v) is 4.75. The van der Waals surface area contributed by atoms with Gasteiger partial charge < -0.3 is 0 Å². The molecule has 0 aromatic heterocycles. The highest BCUT2D eigenvalue weighted by molar-refractivity contribution is 5.39. The van der Waals surface area contributed by atoms with Crippen LogP contribution in [0.1, 0.15) is 33.6 Å². The van der Waals surface area contributed by atoms with Crippen molar-refractivity contribution in [2.24, 2.45) is 16.7 Å². The zero-order valence-corrected chi connectivity index (χ0v) is 8.02. The van der Waals surface area contributed by atoms with Gasteiger partial charge in [-0.05, 0) is 18.8 Å². The molecule has 0 amide bonds. The molecule has 1 nitrogen and oxygen atoms in total. The van der Waals surface area contributed by atoms with Crippen molar-refractivity contribution in [3.8, 4) is 6.07 Å². The summed E-state index contributed by atoms with van der Waals surface area (Å²) in [7, 11) is 0. The number of hydrogen-bond acceptors (Lipinski definition) is 1. The molecule has 1 fully saturated rings. The summed E-state index contributed by atoms with van der Waals surface area (Å²) in [5.74, 6) is 0.537. The highest BCUT2D eigenvalue weighted by Crippen LogP contribution is 2.66. The van der Waals surface area contributed by atoms with Crippen LogP contribution in [0.3, 0.4) is 0 Å². The zero-order valence-electron chi connectivity index (χ0n) is 8.02. The van der Waals surface area contributed by atoms with E-state index in [1.165, 1.54) is 5.57 Å². The minimum atomic E-state index is -0.0446. The summed E-state index contributed by atoms with van der Waals surface area (Å²) in [5.41, 5.74) is 1.61. The van der Waals surface area contributed by atoms with Crippen molar-refractivity contribution >= 4 is 0 Å². The van der Waals surface area contributed by atoms with Crippen molar-refractivity contribution in [1.82, 2.24) is 0 Å². The van der Waals surface area contributed by atoms with Crippen LogP contribution in [0.15, 0.2) is 11.6 Å². The Kier molecular flexibility index (Phi) is 1.27. The molecule has 2 unspecified atom stereocenters. The maximum Gasteiger partial charge on any atom is 0.0727 e. The van der Waals surface area contributed by atoms with E-state index in [0.717, 1.165) is 12.8 Å². The highest BCUT2D eigenvalue weighted by atomic mass is 14.6. The fraction of sp³-hybridized carbons (Fsp3) is 0.727. The lowest BCUT2D eigenvalue weighted by Gasteiger charge is -2.60. The van der Waals surface area contributed by atoms with Gasteiger partial charge in [-0.1, -0.05) is 32.4 Å². The maximum atomic E-state index is 9.22. The molecule has 2 atom stereocenters. The van der Waals surface area contributed by atoms with E-state index < -0.39 is 0 Å². The van der Waals surface area contributed by atoms with Gasteiger partial charge in [0.1, 0.15) is 0 Å². The first-order chi connectivity index (χ1) is 5.54. The number of allylic oxidation sites excluding steroid dienone is 2. The minimum absolute atomic E-state index is 0.0446. The van der Waals surface area contributed by atoms with E-state index in [2.05, 4.69) is 32.9 Å². The molecule has 0 aliphatic heterocycles. The number of hydrogen-bond donors (Lipinski definition) is 0. The number of fused-ring (bicyclic) bond motifs is 2. The molecule has 2 bridgehead atoms. The molecule has 3 aliphatic rings. The molecule has 64 valence electrons. The smallest absolute Gasteiger partial charge is 0.0727 e. The highest BCUT2D eigenvalue weighted by Gasteiger charge is 2.61. The molecule has 3 rings (SSSR count). The van der Waals surface area contributed by atoms with Crippen molar-refractivity contribution in [3.63, 3.8) is 0 Å². The lowest BCUT2D eigenvalue weighted by Crippen LogP contribution is -2.54. The third-order valence-corrected chi connectivity index (χ3v) is 4.15. The molecule has 0 N–H and O–H groups in total. The van der Waals surface area contributed by atoms with Crippen LogP contribution in [0.5, 0.6) is 0 Å². The first-order valence-corrected chi connectivity index (χ1v) is 4.65. The molecular formula is C11H15N. The van der Waals surface area contributed by atoms with Crippen molar-refractivity contribution in [2.45, 2.75) is 33.6 Å². The van der Waals surface area contributed by atoms with Crippen LogP contribution in [0.4, 0.5) is 0 Å². The van der Waals surface area contributed by atoms with Crippen LogP contribution >= 0.6 is 0 Å². The van der Waals surface area contributed by atoms with Crippen LogP contribution < -0.4 is 0 Å². The maximum absolute atomic E-state index is 9.22. The summed E-state index contributed by atoms with van der Waals surface area (Å²) < 4.78 is 0. The van der Waals surface area contributed by atoms with E-state index in [-0.39, 0.29) is 10.8 Å². The van der Waals surface area contributed by atoms with Gasteiger partial charge in [-0.25, -0.2) is 0 Å². The van der Waals surface area contributed by atoms with Gasteiger partial charge in [-0.15, -0.1) is 0 Å². The normalized spacial score (nSPS) is 42.5. The topological polar surface area (TPSA) is 23.8 Å². The fourth-order valence-electron chi connectivity index (χ4n) is 2.85. The third-order valence-electron chi connectivity index (χ3n) is 4.15. The average Bonchev–Trinajstić information content (AvgIpc) is 2.04. The lowest BCUT2D eigenvalue weighted by atomic mass is 9.42. The van der Waals surface area contributed by atoms with Crippen LogP contribution in [0.25, 0.3) is 0 Å². The molecule has 0 spiro atoms. The number of nitrogens with zero attached hydrogens (tertiary/aromatic N) is 1.